The maximum atomic E-state index is 10.4. The van der Waals surface area contributed by atoms with Crippen molar-refractivity contribution in [1.29, 1.82) is 0 Å². The molecule has 2 nitrogen and oxygen atoms in total. The SMILES string of the molecule is C[Si](C)(C)C(O)(CO)[Si](C)(C)C. The third-order valence-corrected chi connectivity index (χ3v) is 12.5. The lowest BCUT2D eigenvalue weighted by molar-refractivity contribution is 0.104. The van der Waals surface area contributed by atoms with Gasteiger partial charge in [0.05, 0.1) is 27.6 Å². The standard InChI is InChI=1S/C8H22O2Si2/c1-11(2,3)8(10,7-9)12(4,5)6/h9-10H,7H2,1-6H3. The Hall–Kier alpha value is 0.354. The quantitative estimate of drug-likeness (QED) is 0.687. The van der Waals surface area contributed by atoms with E-state index in [0.717, 1.165) is 0 Å². The third-order valence-electron chi connectivity index (χ3n) is 2.71. The summed E-state index contributed by atoms with van der Waals surface area (Å²) in [5.74, 6) is 0. The molecule has 12 heavy (non-hydrogen) atoms. The minimum Gasteiger partial charge on any atom is -0.394 e. The van der Waals surface area contributed by atoms with Gasteiger partial charge in [-0.25, -0.2) is 0 Å². The van der Waals surface area contributed by atoms with Gasteiger partial charge < -0.3 is 10.2 Å². The van der Waals surface area contributed by atoms with Crippen LogP contribution in [0.3, 0.4) is 0 Å². The van der Waals surface area contributed by atoms with Crippen LogP contribution >= 0.6 is 0 Å². The van der Waals surface area contributed by atoms with Gasteiger partial charge in [0.2, 0.25) is 0 Å². The first-order valence-electron chi connectivity index (χ1n) is 4.39. The van der Waals surface area contributed by atoms with E-state index in [1.54, 1.807) is 0 Å². The van der Waals surface area contributed by atoms with Crippen LogP contribution in [0.2, 0.25) is 39.3 Å². The second-order valence-corrected chi connectivity index (χ2v) is 16.7. The lowest BCUT2D eigenvalue weighted by Crippen LogP contribution is -2.68. The Kier molecular flexibility index (Phi) is 3.35. The highest BCUT2D eigenvalue weighted by molar-refractivity contribution is 6.98. The molecule has 0 spiro atoms. The Labute approximate surface area is 77.6 Å². The predicted octanol–water partition coefficient (Wildman–Crippen LogP) is 1.46. The van der Waals surface area contributed by atoms with Crippen molar-refractivity contribution >= 4 is 16.1 Å². The van der Waals surface area contributed by atoms with Crippen molar-refractivity contribution in [2.45, 2.75) is 44.1 Å². The minimum atomic E-state index is -1.68. The largest absolute Gasteiger partial charge is 0.394 e. The van der Waals surface area contributed by atoms with Crippen LogP contribution in [0.15, 0.2) is 0 Å². The van der Waals surface area contributed by atoms with E-state index in [0.29, 0.717) is 0 Å². The van der Waals surface area contributed by atoms with Crippen molar-refractivity contribution < 1.29 is 10.2 Å². The summed E-state index contributed by atoms with van der Waals surface area (Å²) in [4.78, 5) is -0.750. The molecular weight excluding hydrogens is 184 g/mol. The first-order valence-corrected chi connectivity index (χ1v) is 11.4. The fourth-order valence-corrected chi connectivity index (χ4v) is 11.5. The van der Waals surface area contributed by atoms with E-state index >= 15 is 0 Å². The summed E-state index contributed by atoms with van der Waals surface area (Å²) < 4.78 is 0. The van der Waals surface area contributed by atoms with Crippen molar-refractivity contribution in [3.05, 3.63) is 0 Å². The van der Waals surface area contributed by atoms with Crippen molar-refractivity contribution in [3.8, 4) is 0 Å². The summed E-state index contributed by atoms with van der Waals surface area (Å²) >= 11 is 0. The maximum Gasteiger partial charge on any atom is 0.0809 e. The van der Waals surface area contributed by atoms with Gasteiger partial charge >= 0.3 is 0 Å². The van der Waals surface area contributed by atoms with E-state index in [1.807, 2.05) is 0 Å². The van der Waals surface area contributed by atoms with Gasteiger partial charge in [-0.3, -0.25) is 0 Å². The average molecular weight is 206 g/mol. The van der Waals surface area contributed by atoms with E-state index in [1.165, 1.54) is 0 Å². The second kappa shape index (κ2) is 3.25. The summed E-state index contributed by atoms with van der Waals surface area (Å²) in [5.41, 5.74) is 0. The smallest absolute Gasteiger partial charge is 0.0809 e. The molecular formula is C8H22O2Si2. The molecule has 0 aliphatic carbocycles. The molecule has 0 unspecified atom stereocenters. The molecule has 0 aromatic carbocycles. The molecule has 0 aliphatic rings. The summed E-state index contributed by atoms with van der Waals surface area (Å²) in [5, 5.41) is 19.6. The van der Waals surface area contributed by atoms with E-state index in [9.17, 15) is 10.2 Å². The Morgan fingerprint density at radius 2 is 1.17 bits per heavy atom. The van der Waals surface area contributed by atoms with E-state index in [4.69, 9.17) is 0 Å². The van der Waals surface area contributed by atoms with Gasteiger partial charge in [-0.2, -0.15) is 0 Å². The molecule has 0 radical (unpaired) electrons. The van der Waals surface area contributed by atoms with Gasteiger partial charge in [-0.1, -0.05) is 39.3 Å². The highest BCUT2D eigenvalue weighted by Crippen LogP contribution is 2.30. The Bertz CT molecular complexity index is 141. The molecule has 0 saturated carbocycles. The molecule has 0 aromatic heterocycles. The van der Waals surface area contributed by atoms with Gasteiger partial charge in [0.15, 0.2) is 0 Å². The topological polar surface area (TPSA) is 40.5 Å². The summed E-state index contributed by atoms with van der Waals surface area (Å²) in [7, 11) is -3.36. The first-order chi connectivity index (χ1) is 5.06. The molecule has 0 rings (SSSR count). The molecule has 0 aliphatic heterocycles. The molecule has 2 N–H and O–H groups in total. The van der Waals surface area contributed by atoms with Crippen LogP contribution in [0.25, 0.3) is 0 Å². The third kappa shape index (κ3) is 1.99. The Morgan fingerprint density at radius 3 is 1.17 bits per heavy atom. The van der Waals surface area contributed by atoms with Gasteiger partial charge in [0.1, 0.15) is 0 Å². The monoisotopic (exact) mass is 206 g/mol. The van der Waals surface area contributed by atoms with Crippen molar-refractivity contribution in [2.75, 3.05) is 6.61 Å². The number of aliphatic hydroxyl groups excluding tert-OH is 1. The molecule has 0 saturated heterocycles. The highest BCUT2D eigenvalue weighted by Gasteiger charge is 2.50. The molecule has 0 bridgehead atoms. The summed E-state index contributed by atoms with van der Waals surface area (Å²) in [6.45, 7) is 12.6. The number of aliphatic hydroxyl groups is 2. The maximum absolute atomic E-state index is 10.4. The zero-order valence-corrected chi connectivity index (χ0v) is 11.1. The highest BCUT2D eigenvalue weighted by atomic mass is 28.4. The number of rotatable bonds is 3. The molecule has 4 heteroatoms. The number of hydrogen-bond acceptors (Lipinski definition) is 2. The van der Waals surface area contributed by atoms with Crippen LogP contribution in [0.4, 0.5) is 0 Å². The van der Waals surface area contributed by atoms with Crippen molar-refractivity contribution in [2.24, 2.45) is 0 Å². The fraction of sp³-hybridized carbons (Fsp3) is 1.00. The Balaban J connectivity index is 4.95. The van der Waals surface area contributed by atoms with Crippen LogP contribution < -0.4 is 0 Å². The lowest BCUT2D eigenvalue weighted by atomic mass is 10.8. The predicted molar refractivity (Wildman–Crippen MR) is 58.7 cm³/mol. The van der Waals surface area contributed by atoms with Crippen molar-refractivity contribution in [1.82, 2.24) is 0 Å². The van der Waals surface area contributed by atoms with E-state index in [2.05, 4.69) is 39.3 Å². The molecule has 0 atom stereocenters. The van der Waals surface area contributed by atoms with Gasteiger partial charge in [0, 0.05) is 0 Å². The molecule has 74 valence electrons. The molecule has 0 amide bonds. The number of hydrogen-bond donors (Lipinski definition) is 2. The zero-order valence-electron chi connectivity index (χ0n) is 9.10. The van der Waals surface area contributed by atoms with E-state index < -0.39 is 21.0 Å². The van der Waals surface area contributed by atoms with Crippen LogP contribution in [0.5, 0.6) is 0 Å². The van der Waals surface area contributed by atoms with Gasteiger partial charge in [0.25, 0.3) is 0 Å². The zero-order chi connectivity index (χ0) is 10.2. The van der Waals surface area contributed by atoms with Crippen LogP contribution in [-0.4, -0.2) is 37.8 Å². The fourth-order valence-electron chi connectivity index (χ4n) is 1.60. The average Bonchev–Trinajstić information content (AvgIpc) is 1.81. The van der Waals surface area contributed by atoms with E-state index in [-0.39, 0.29) is 6.61 Å². The summed E-state index contributed by atoms with van der Waals surface area (Å²) in [6, 6.07) is 0. The van der Waals surface area contributed by atoms with Gasteiger partial charge in [-0.15, -0.1) is 0 Å². The lowest BCUT2D eigenvalue weighted by Gasteiger charge is -2.46. The second-order valence-electron chi connectivity index (χ2n) is 5.52. The summed E-state index contributed by atoms with van der Waals surface area (Å²) in [6.07, 6.45) is 0. The molecule has 0 aromatic rings. The van der Waals surface area contributed by atoms with Crippen LogP contribution in [-0.2, 0) is 0 Å². The van der Waals surface area contributed by atoms with Crippen LogP contribution in [0.1, 0.15) is 0 Å². The van der Waals surface area contributed by atoms with Crippen LogP contribution in [0, 0.1) is 0 Å². The normalized spacial score (nSPS) is 15.0. The Morgan fingerprint density at radius 1 is 0.917 bits per heavy atom. The first kappa shape index (κ1) is 12.4. The molecule has 0 heterocycles. The minimum absolute atomic E-state index is 0.0710. The van der Waals surface area contributed by atoms with Gasteiger partial charge in [-0.05, 0) is 0 Å². The molecule has 0 fully saturated rings. The van der Waals surface area contributed by atoms with Crippen molar-refractivity contribution in [3.63, 3.8) is 0 Å².